The Hall–Kier alpha value is -1.48. The van der Waals surface area contributed by atoms with Gasteiger partial charge < -0.3 is 15.2 Å². The molecule has 8 heteroatoms. The summed E-state index contributed by atoms with van der Waals surface area (Å²) in [6.07, 6.45) is 3.60. The molecule has 24 heavy (non-hydrogen) atoms. The summed E-state index contributed by atoms with van der Waals surface area (Å²) in [5.74, 6) is 0.538. The molecule has 0 saturated heterocycles. The Kier molecular flexibility index (Phi) is 6.73. The van der Waals surface area contributed by atoms with Crippen molar-refractivity contribution in [1.29, 1.82) is 0 Å². The highest BCUT2D eigenvalue weighted by molar-refractivity contribution is 8.22. The first kappa shape index (κ1) is 18.9. The average Bonchev–Trinajstić information content (AvgIpc) is 2.62. The Balaban J connectivity index is 1.84. The van der Waals surface area contributed by atoms with Gasteiger partial charge in [0.2, 0.25) is 0 Å². The number of nitrogens with one attached hydrogen (secondary N) is 2. The van der Waals surface area contributed by atoms with E-state index in [0.717, 1.165) is 37.7 Å². The molecule has 0 radical (unpaired) electrons. The molecule has 1 amide bonds. The van der Waals surface area contributed by atoms with Crippen LogP contribution in [0, 0.1) is 0 Å². The summed E-state index contributed by atoms with van der Waals surface area (Å²) in [7, 11) is -3.00. The molecule has 1 aromatic carbocycles. The standard InChI is InChI=1S/C16H26N2O5S/c1-12-11-18-24(21,22)15-8-7-13(10-14(15)23-12)6-4-2-3-5-9-17-16(19)20/h7-8,10,12,17-18,21-22H,2-6,9,11H2,1H3,(H,19,20). The van der Waals surface area contributed by atoms with E-state index < -0.39 is 16.9 Å². The first-order valence-electron chi connectivity index (χ1n) is 8.18. The molecule has 0 aliphatic carbocycles. The van der Waals surface area contributed by atoms with Crippen molar-refractivity contribution in [3.63, 3.8) is 0 Å². The number of fused-ring (bicyclic) bond motifs is 1. The van der Waals surface area contributed by atoms with Crippen molar-refractivity contribution in [1.82, 2.24) is 10.0 Å². The van der Waals surface area contributed by atoms with Gasteiger partial charge in [0.05, 0.1) is 6.54 Å². The van der Waals surface area contributed by atoms with Crippen LogP contribution in [0.1, 0.15) is 38.2 Å². The van der Waals surface area contributed by atoms with E-state index in [0.29, 0.717) is 23.7 Å². The molecule has 0 bridgehead atoms. The highest BCUT2D eigenvalue weighted by Crippen LogP contribution is 2.50. The third-order valence-corrected chi connectivity index (χ3v) is 5.40. The molecule has 1 atom stereocenters. The lowest BCUT2D eigenvalue weighted by Crippen LogP contribution is -2.27. The number of aryl methyl sites for hydroxylation is 1. The van der Waals surface area contributed by atoms with Crippen molar-refractivity contribution in [2.75, 3.05) is 13.1 Å². The fraction of sp³-hybridized carbons (Fsp3) is 0.562. The van der Waals surface area contributed by atoms with Gasteiger partial charge in [-0.15, -0.1) is 10.8 Å². The van der Waals surface area contributed by atoms with E-state index in [1.165, 1.54) is 0 Å². The summed E-state index contributed by atoms with van der Waals surface area (Å²) >= 11 is 0. The van der Waals surface area contributed by atoms with Crippen LogP contribution in [0.5, 0.6) is 5.75 Å². The molecule has 0 aromatic heterocycles. The maximum atomic E-state index is 10.3. The molecule has 1 heterocycles. The Bertz CT molecular complexity index is 567. The van der Waals surface area contributed by atoms with Crippen LogP contribution in [0.2, 0.25) is 0 Å². The van der Waals surface area contributed by atoms with Crippen molar-refractivity contribution >= 4 is 16.9 Å². The number of benzene rings is 1. The average molecular weight is 358 g/mol. The number of hydrogen-bond acceptors (Lipinski definition) is 5. The molecular weight excluding hydrogens is 332 g/mol. The summed E-state index contributed by atoms with van der Waals surface area (Å²) in [4.78, 5) is 10.7. The van der Waals surface area contributed by atoms with Crippen LogP contribution in [0.15, 0.2) is 23.1 Å². The number of carboxylic acid groups (broad SMARTS) is 1. The van der Waals surface area contributed by atoms with Gasteiger partial charge in [-0.05, 0) is 43.9 Å². The predicted molar refractivity (Wildman–Crippen MR) is 93.8 cm³/mol. The van der Waals surface area contributed by atoms with Crippen molar-refractivity contribution in [3.05, 3.63) is 23.8 Å². The smallest absolute Gasteiger partial charge is 0.404 e. The lowest BCUT2D eigenvalue weighted by Gasteiger charge is -2.31. The monoisotopic (exact) mass is 358 g/mol. The van der Waals surface area contributed by atoms with Crippen LogP contribution in [-0.2, 0) is 6.42 Å². The molecule has 0 spiro atoms. The largest absolute Gasteiger partial charge is 0.487 e. The van der Waals surface area contributed by atoms with Crippen LogP contribution in [-0.4, -0.2) is 39.5 Å². The van der Waals surface area contributed by atoms with Gasteiger partial charge in [0.1, 0.15) is 16.7 Å². The number of unbranched alkanes of at least 4 members (excludes halogenated alkanes) is 3. The maximum absolute atomic E-state index is 10.3. The van der Waals surface area contributed by atoms with Gasteiger partial charge >= 0.3 is 6.09 Å². The number of hydrogen-bond donors (Lipinski definition) is 5. The highest BCUT2D eigenvalue weighted by Gasteiger charge is 2.26. The van der Waals surface area contributed by atoms with E-state index in [2.05, 4.69) is 10.0 Å². The predicted octanol–water partition coefficient (Wildman–Crippen LogP) is 3.45. The summed E-state index contributed by atoms with van der Waals surface area (Å²) in [5, 5.41) is 10.8. The maximum Gasteiger partial charge on any atom is 0.404 e. The molecular formula is C16H26N2O5S. The number of amides is 1. The second-order valence-corrected chi connectivity index (χ2v) is 7.83. The van der Waals surface area contributed by atoms with Gasteiger partial charge in [-0.3, -0.25) is 9.11 Å². The lowest BCUT2D eigenvalue weighted by molar-refractivity contribution is 0.194. The number of rotatable bonds is 7. The second-order valence-electron chi connectivity index (χ2n) is 6.00. The first-order chi connectivity index (χ1) is 11.4. The molecule has 0 saturated carbocycles. The van der Waals surface area contributed by atoms with Gasteiger partial charge in [-0.2, -0.15) is 0 Å². The topological polar surface area (TPSA) is 111 Å². The minimum atomic E-state index is -3.00. The first-order valence-corrected chi connectivity index (χ1v) is 9.72. The summed E-state index contributed by atoms with van der Waals surface area (Å²) in [6.45, 7) is 2.76. The SMILES string of the molecule is CC1CNS(O)(O)c2ccc(CCCCCCNC(=O)O)cc2O1. The van der Waals surface area contributed by atoms with Crippen molar-refractivity contribution in [3.8, 4) is 5.75 Å². The zero-order valence-electron chi connectivity index (χ0n) is 13.8. The minimum Gasteiger partial charge on any atom is -0.487 e. The van der Waals surface area contributed by atoms with E-state index in [1.807, 2.05) is 19.1 Å². The van der Waals surface area contributed by atoms with Gasteiger partial charge in [0.15, 0.2) is 0 Å². The van der Waals surface area contributed by atoms with Crippen molar-refractivity contribution in [2.24, 2.45) is 0 Å². The fourth-order valence-corrected chi connectivity index (χ4v) is 3.88. The number of ether oxygens (including phenoxy) is 1. The summed E-state index contributed by atoms with van der Waals surface area (Å²) < 4.78 is 28.8. The van der Waals surface area contributed by atoms with Crippen LogP contribution < -0.4 is 14.8 Å². The van der Waals surface area contributed by atoms with E-state index >= 15 is 0 Å². The van der Waals surface area contributed by atoms with E-state index in [9.17, 15) is 13.9 Å². The minimum absolute atomic E-state index is 0.130. The molecule has 2 rings (SSSR count). The van der Waals surface area contributed by atoms with Crippen molar-refractivity contribution in [2.45, 2.75) is 50.0 Å². The molecule has 1 aliphatic heterocycles. The van der Waals surface area contributed by atoms with E-state index in [1.54, 1.807) is 6.07 Å². The van der Waals surface area contributed by atoms with Crippen LogP contribution >= 0.6 is 10.8 Å². The molecule has 1 unspecified atom stereocenters. The quantitative estimate of drug-likeness (QED) is 0.477. The molecule has 0 fully saturated rings. The Labute approximate surface area is 143 Å². The third kappa shape index (κ3) is 5.55. The normalized spacial score (nSPS) is 20.4. The lowest BCUT2D eigenvalue weighted by atomic mass is 10.1. The third-order valence-electron chi connectivity index (χ3n) is 3.88. The van der Waals surface area contributed by atoms with Gasteiger partial charge in [-0.1, -0.05) is 18.9 Å². The molecule has 136 valence electrons. The zero-order chi connectivity index (χ0) is 17.6. The molecule has 1 aliphatic rings. The Morgan fingerprint density at radius 2 is 2.08 bits per heavy atom. The number of carbonyl (C=O) groups is 1. The van der Waals surface area contributed by atoms with Crippen LogP contribution in [0.3, 0.4) is 0 Å². The van der Waals surface area contributed by atoms with Gasteiger partial charge in [0, 0.05) is 6.54 Å². The molecule has 5 N–H and O–H groups in total. The fourth-order valence-electron chi connectivity index (χ4n) is 2.61. The van der Waals surface area contributed by atoms with E-state index in [4.69, 9.17) is 9.84 Å². The highest BCUT2D eigenvalue weighted by atomic mass is 32.3. The Morgan fingerprint density at radius 3 is 2.83 bits per heavy atom. The van der Waals surface area contributed by atoms with Gasteiger partial charge in [-0.25, -0.2) is 9.52 Å². The zero-order valence-corrected chi connectivity index (χ0v) is 14.6. The summed E-state index contributed by atoms with van der Waals surface area (Å²) in [5.41, 5.74) is 1.10. The molecule has 1 aromatic rings. The molecule has 7 nitrogen and oxygen atoms in total. The van der Waals surface area contributed by atoms with Crippen LogP contribution in [0.25, 0.3) is 0 Å². The second kappa shape index (κ2) is 8.57. The van der Waals surface area contributed by atoms with Crippen LogP contribution in [0.4, 0.5) is 4.79 Å². The van der Waals surface area contributed by atoms with Gasteiger partial charge in [0.25, 0.3) is 0 Å². The van der Waals surface area contributed by atoms with E-state index in [-0.39, 0.29) is 6.10 Å². The summed E-state index contributed by atoms with van der Waals surface area (Å²) in [6, 6.07) is 5.51. The Morgan fingerprint density at radius 1 is 1.33 bits per heavy atom. The van der Waals surface area contributed by atoms with Crippen molar-refractivity contribution < 1.29 is 23.7 Å².